The maximum absolute atomic E-state index is 2.44. The molecule has 0 saturated heterocycles. The summed E-state index contributed by atoms with van der Waals surface area (Å²) in [7, 11) is 0. The lowest BCUT2D eigenvalue weighted by Crippen LogP contribution is -2.33. The molecule has 0 aromatic heterocycles. The van der Waals surface area contributed by atoms with Crippen molar-refractivity contribution in [3.63, 3.8) is 0 Å². The van der Waals surface area contributed by atoms with E-state index in [1.165, 1.54) is 25.7 Å². The average Bonchev–Trinajstić information content (AvgIpc) is 2.12. The second-order valence-electron chi connectivity index (χ2n) is 4.64. The van der Waals surface area contributed by atoms with Crippen LogP contribution in [0, 0.1) is 10.8 Å². The van der Waals surface area contributed by atoms with Gasteiger partial charge in [0.1, 0.15) is 0 Å². The monoisotopic (exact) mass is 166 g/mol. The number of fused-ring (bicyclic) bond motifs is 2. The van der Waals surface area contributed by atoms with Crippen molar-refractivity contribution < 1.29 is 0 Å². The molecule has 70 valence electrons. The van der Waals surface area contributed by atoms with Crippen LogP contribution in [0.15, 0.2) is 12.2 Å². The minimum Gasteiger partial charge on any atom is -0.0820 e. The topological polar surface area (TPSA) is 0 Å². The zero-order chi connectivity index (χ0) is 9.24. The molecule has 0 aliphatic heterocycles. The number of allylic oxidation sites excluding steroid dienone is 2. The van der Waals surface area contributed by atoms with Gasteiger partial charge in [0.25, 0.3) is 0 Å². The first-order chi connectivity index (χ1) is 5.62. The molecule has 0 heteroatoms. The molecule has 0 aromatic carbocycles. The van der Waals surface area contributed by atoms with Gasteiger partial charge in [-0.1, -0.05) is 39.8 Å². The lowest BCUT2D eigenvalue weighted by molar-refractivity contribution is 0.153. The van der Waals surface area contributed by atoms with Crippen molar-refractivity contribution in [3.05, 3.63) is 12.2 Å². The van der Waals surface area contributed by atoms with Crippen molar-refractivity contribution in [2.24, 2.45) is 10.8 Å². The summed E-state index contributed by atoms with van der Waals surface area (Å²) >= 11 is 0. The Kier molecular flexibility index (Phi) is 2.65. The first-order valence-corrected chi connectivity index (χ1v) is 5.32. The highest BCUT2D eigenvalue weighted by Crippen LogP contribution is 2.51. The normalized spacial score (nSPS) is 43.7. The van der Waals surface area contributed by atoms with Gasteiger partial charge >= 0.3 is 0 Å². The van der Waals surface area contributed by atoms with Crippen LogP contribution in [-0.4, -0.2) is 0 Å². The summed E-state index contributed by atoms with van der Waals surface area (Å²) in [6.07, 6.45) is 10.6. The maximum Gasteiger partial charge on any atom is -0.0146 e. The van der Waals surface area contributed by atoms with E-state index >= 15 is 0 Å². The second-order valence-corrected chi connectivity index (χ2v) is 4.64. The quantitative estimate of drug-likeness (QED) is 0.474. The summed E-state index contributed by atoms with van der Waals surface area (Å²) in [5.41, 5.74) is 1.16. The molecule has 0 aromatic rings. The average molecular weight is 166 g/mol. The molecule has 1 saturated carbocycles. The second kappa shape index (κ2) is 3.24. The van der Waals surface area contributed by atoms with Crippen molar-refractivity contribution in [1.29, 1.82) is 0 Å². The van der Waals surface area contributed by atoms with E-state index < -0.39 is 0 Å². The Morgan fingerprint density at radius 2 is 1.00 bits per heavy atom. The highest BCUT2D eigenvalue weighted by Gasteiger charge is 2.38. The molecule has 0 radical (unpaired) electrons. The van der Waals surface area contributed by atoms with Crippen LogP contribution in [0.5, 0.6) is 0 Å². The van der Waals surface area contributed by atoms with E-state index in [9.17, 15) is 0 Å². The Hall–Kier alpha value is -0.260. The predicted octanol–water partition coefficient (Wildman–Crippen LogP) is 4.17. The molecule has 2 bridgehead atoms. The van der Waals surface area contributed by atoms with Gasteiger partial charge in [-0.3, -0.25) is 0 Å². The van der Waals surface area contributed by atoms with Gasteiger partial charge in [0.05, 0.1) is 0 Å². The van der Waals surface area contributed by atoms with E-state index in [-0.39, 0.29) is 0 Å². The Labute approximate surface area is 77.1 Å². The molecule has 3 aliphatic rings. The molecule has 0 unspecified atom stereocenters. The van der Waals surface area contributed by atoms with Gasteiger partial charge in [0.15, 0.2) is 0 Å². The summed E-state index contributed by atoms with van der Waals surface area (Å²) in [5.74, 6) is 0. The van der Waals surface area contributed by atoms with Gasteiger partial charge in [-0.05, 0) is 36.5 Å². The highest BCUT2D eigenvalue weighted by molar-refractivity contribution is 5.14. The van der Waals surface area contributed by atoms with Crippen LogP contribution in [0.4, 0.5) is 0 Å². The van der Waals surface area contributed by atoms with Crippen molar-refractivity contribution >= 4 is 0 Å². The maximum atomic E-state index is 2.44. The first kappa shape index (κ1) is 9.83. The van der Waals surface area contributed by atoms with E-state index in [4.69, 9.17) is 0 Å². The Balaban J connectivity index is 0.000000336. The van der Waals surface area contributed by atoms with Gasteiger partial charge < -0.3 is 0 Å². The third kappa shape index (κ3) is 1.73. The predicted molar refractivity (Wildman–Crippen MR) is 55.2 cm³/mol. The Morgan fingerprint density at radius 3 is 1.17 bits per heavy atom. The van der Waals surface area contributed by atoms with Crippen molar-refractivity contribution in [3.8, 4) is 0 Å². The van der Waals surface area contributed by atoms with Crippen LogP contribution < -0.4 is 0 Å². The van der Waals surface area contributed by atoms with E-state index in [2.05, 4.69) is 26.0 Å². The van der Waals surface area contributed by atoms with Crippen molar-refractivity contribution in [2.75, 3.05) is 0 Å². The minimum atomic E-state index is 0.581. The lowest BCUT2D eigenvalue weighted by atomic mass is 9.60. The van der Waals surface area contributed by atoms with E-state index in [1.54, 1.807) is 0 Å². The lowest BCUT2D eigenvalue weighted by Gasteiger charge is -2.45. The fourth-order valence-electron chi connectivity index (χ4n) is 2.13. The summed E-state index contributed by atoms with van der Waals surface area (Å²) in [4.78, 5) is 0. The Morgan fingerprint density at radius 1 is 0.750 bits per heavy atom. The molecular formula is C12H22. The van der Waals surface area contributed by atoms with E-state index in [1.807, 2.05) is 13.8 Å². The van der Waals surface area contributed by atoms with Crippen LogP contribution >= 0.6 is 0 Å². The number of hydrogen-bond donors (Lipinski definition) is 0. The smallest absolute Gasteiger partial charge is 0.0146 e. The highest BCUT2D eigenvalue weighted by atomic mass is 14.4. The molecule has 0 nitrogen and oxygen atoms in total. The molecular weight excluding hydrogens is 144 g/mol. The summed E-state index contributed by atoms with van der Waals surface area (Å²) in [5, 5.41) is 0. The largest absolute Gasteiger partial charge is 0.0820 e. The number of hydrogen-bond acceptors (Lipinski definition) is 0. The third-order valence-corrected chi connectivity index (χ3v) is 3.42. The van der Waals surface area contributed by atoms with Crippen LogP contribution in [0.2, 0.25) is 0 Å². The van der Waals surface area contributed by atoms with Gasteiger partial charge in [0.2, 0.25) is 0 Å². The summed E-state index contributed by atoms with van der Waals surface area (Å²) < 4.78 is 0. The first-order valence-electron chi connectivity index (χ1n) is 5.32. The van der Waals surface area contributed by atoms with Gasteiger partial charge in [0, 0.05) is 0 Å². The van der Waals surface area contributed by atoms with Crippen LogP contribution in [0.25, 0.3) is 0 Å². The molecule has 1 fully saturated rings. The van der Waals surface area contributed by atoms with Crippen molar-refractivity contribution in [2.45, 2.75) is 53.4 Å². The molecule has 0 heterocycles. The fraction of sp³-hybridized carbons (Fsp3) is 0.833. The standard InChI is InChI=1S/C10H16.C2H6/c1-9-3-6-10(2,7-4-9)8-5-9;1-2/h3,6H,4-5,7-8H2,1-2H3;1-2H3. The summed E-state index contributed by atoms with van der Waals surface area (Å²) in [6, 6.07) is 0. The van der Waals surface area contributed by atoms with Gasteiger partial charge in [-0.25, -0.2) is 0 Å². The van der Waals surface area contributed by atoms with E-state index in [0.29, 0.717) is 10.8 Å². The molecule has 0 amide bonds. The minimum absolute atomic E-state index is 0.581. The number of rotatable bonds is 0. The molecule has 3 rings (SSSR count). The third-order valence-electron chi connectivity index (χ3n) is 3.42. The molecule has 0 spiro atoms. The van der Waals surface area contributed by atoms with Crippen molar-refractivity contribution in [1.82, 2.24) is 0 Å². The molecule has 0 atom stereocenters. The van der Waals surface area contributed by atoms with Crippen LogP contribution in [0.3, 0.4) is 0 Å². The Bertz CT molecular complexity index is 148. The molecule has 0 N–H and O–H groups in total. The summed E-state index contributed by atoms with van der Waals surface area (Å²) in [6.45, 7) is 8.78. The van der Waals surface area contributed by atoms with Crippen LogP contribution in [-0.2, 0) is 0 Å². The zero-order valence-corrected chi connectivity index (χ0v) is 8.98. The zero-order valence-electron chi connectivity index (χ0n) is 8.98. The molecule has 3 aliphatic carbocycles. The SMILES string of the molecule is CC.CC12C=CC(C)(CC1)CC2. The van der Waals surface area contributed by atoms with Gasteiger partial charge in [-0.2, -0.15) is 0 Å². The fourth-order valence-corrected chi connectivity index (χ4v) is 2.13. The van der Waals surface area contributed by atoms with E-state index in [0.717, 1.165) is 0 Å². The van der Waals surface area contributed by atoms with Crippen LogP contribution in [0.1, 0.15) is 53.4 Å². The van der Waals surface area contributed by atoms with Gasteiger partial charge in [-0.15, -0.1) is 0 Å². The molecule has 12 heavy (non-hydrogen) atoms.